The zero-order valence-electron chi connectivity index (χ0n) is 19.3. The Morgan fingerprint density at radius 2 is 1.59 bits per heavy atom. The third kappa shape index (κ3) is 6.85. The van der Waals surface area contributed by atoms with E-state index in [1.807, 2.05) is 71.6 Å². The molecule has 3 aromatic carbocycles. The third-order valence-corrected chi connectivity index (χ3v) is 5.85. The first kappa shape index (κ1) is 23.4. The predicted molar refractivity (Wildman–Crippen MR) is 135 cm³/mol. The van der Waals surface area contributed by atoms with Crippen LogP contribution in [0.25, 0.3) is 0 Å². The van der Waals surface area contributed by atoms with E-state index in [0.717, 1.165) is 43.8 Å². The van der Waals surface area contributed by atoms with Crippen molar-refractivity contribution in [1.29, 1.82) is 0 Å². The fraction of sp³-hybridized carbons (Fsp3) is 0.286. The Kier molecular flexibility index (Phi) is 8.17. The van der Waals surface area contributed by atoms with Crippen LogP contribution < -0.4 is 15.4 Å². The lowest BCUT2D eigenvalue weighted by molar-refractivity contribution is -0.114. The number of carbonyl (C=O) groups excluding carboxylic acids is 2. The number of anilines is 2. The summed E-state index contributed by atoms with van der Waals surface area (Å²) < 4.78 is 5.79. The maximum atomic E-state index is 12.7. The summed E-state index contributed by atoms with van der Waals surface area (Å²) in [5, 5.41) is 5.99. The molecule has 1 aliphatic rings. The summed E-state index contributed by atoms with van der Waals surface area (Å²) in [5.41, 5.74) is 3.34. The van der Waals surface area contributed by atoms with E-state index in [-0.39, 0.29) is 18.4 Å². The van der Waals surface area contributed by atoms with Crippen LogP contribution >= 0.6 is 0 Å². The van der Waals surface area contributed by atoms with Gasteiger partial charge in [0.1, 0.15) is 5.75 Å². The van der Waals surface area contributed by atoms with Crippen LogP contribution in [0.4, 0.5) is 11.4 Å². The minimum atomic E-state index is -0.162. The van der Waals surface area contributed by atoms with Crippen LogP contribution in [0.1, 0.15) is 35.2 Å². The number of benzene rings is 3. The number of amides is 2. The summed E-state index contributed by atoms with van der Waals surface area (Å²) >= 11 is 0. The first-order chi connectivity index (χ1) is 16.7. The summed E-state index contributed by atoms with van der Waals surface area (Å²) in [6, 6.07) is 24.9. The lowest BCUT2D eigenvalue weighted by Crippen LogP contribution is -2.35. The molecular formula is C28H31N3O3. The van der Waals surface area contributed by atoms with Crippen LogP contribution in [0.15, 0.2) is 78.9 Å². The lowest BCUT2D eigenvalue weighted by atomic mass is 10.1. The largest absolute Gasteiger partial charge is 0.493 e. The summed E-state index contributed by atoms with van der Waals surface area (Å²) in [5.74, 6) is 0.659. The second-order valence-electron chi connectivity index (χ2n) is 8.44. The van der Waals surface area contributed by atoms with Crippen molar-refractivity contribution < 1.29 is 14.3 Å². The molecular weight excluding hydrogens is 426 g/mol. The van der Waals surface area contributed by atoms with Gasteiger partial charge in [-0.25, -0.2) is 0 Å². The van der Waals surface area contributed by atoms with Gasteiger partial charge in [0.15, 0.2) is 0 Å². The Labute approximate surface area is 200 Å². The van der Waals surface area contributed by atoms with Gasteiger partial charge in [-0.05, 0) is 67.3 Å². The van der Waals surface area contributed by atoms with E-state index in [9.17, 15) is 9.59 Å². The smallest absolute Gasteiger partial charge is 0.253 e. The monoisotopic (exact) mass is 457 g/mol. The number of carbonyl (C=O) groups is 2. The fourth-order valence-corrected chi connectivity index (χ4v) is 4.00. The maximum Gasteiger partial charge on any atom is 0.253 e. The molecule has 0 bridgehead atoms. The predicted octanol–water partition coefficient (Wildman–Crippen LogP) is 4.98. The molecule has 0 unspecified atom stereocenters. The topological polar surface area (TPSA) is 70.7 Å². The molecule has 1 aliphatic heterocycles. The molecule has 1 heterocycles. The highest BCUT2D eigenvalue weighted by atomic mass is 16.5. The van der Waals surface area contributed by atoms with Crippen molar-refractivity contribution in [1.82, 2.24) is 4.90 Å². The third-order valence-electron chi connectivity index (χ3n) is 5.85. The van der Waals surface area contributed by atoms with E-state index >= 15 is 0 Å². The molecule has 3 aromatic rings. The number of nitrogens with one attached hydrogen (secondary N) is 2. The van der Waals surface area contributed by atoms with Gasteiger partial charge in [-0.15, -0.1) is 0 Å². The zero-order chi connectivity index (χ0) is 23.6. The van der Waals surface area contributed by atoms with Crippen LogP contribution in [0.3, 0.4) is 0 Å². The Hall–Kier alpha value is -3.80. The lowest BCUT2D eigenvalue weighted by Gasteiger charge is -2.26. The molecule has 1 fully saturated rings. The van der Waals surface area contributed by atoms with Crippen LogP contribution in [0.5, 0.6) is 5.75 Å². The molecule has 6 nitrogen and oxygen atoms in total. The quantitative estimate of drug-likeness (QED) is 0.475. The van der Waals surface area contributed by atoms with E-state index in [1.54, 1.807) is 0 Å². The van der Waals surface area contributed by atoms with E-state index in [2.05, 4.69) is 22.8 Å². The van der Waals surface area contributed by atoms with Crippen molar-refractivity contribution in [2.24, 2.45) is 0 Å². The fourth-order valence-electron chi connectivity index (χ4n) is 4.00. The van der Waals surface area contributed by atoms with Gasteiger partial charge in [0.05, 0.1) is 13.2 Å². The van der Waals surface area contributed by atoms with Gasteiger partial charge in [-0.3, -0.25) is 9.59 Å². The summed E-state index contributed by atoms with van der Waals surface area (Å²) in [4.78, 5) is 27.0. The van der Waals surface area contributed by atoms with Gasteiger partial charge in [0.25, 0.3) is 5.91 Å². The molecule has 0 aliphatic carbocycles. The molecule has 6 heteroatoms. The highest BCUT2D eigenvalue weighted by molar-refractivity contribution is 5.96. The van der Waals surface area contributed by atoms with Crippen molar-refractivity contribution >= 4 is 23.2 Å². The highest BCUT2D eigenvalue weighted by Gasteiger charge is 2.18. The number of piperidine rings is 1. The number of hydrogen-bond acceptors (Lipinski definition) is 4. The van der Waals surface area contributed by atoms with Gasteiger partial charge < -0.3 is 20.3 Å². The average molecular weight is 458 g/mol. The van der Waals surface area contributed by atoms with Gasteiger partial charge in [0, 0.05) is 36.4 Å². The van der Waals surface area contributed by atoms with E-state index in [0.29, 0.717) is 17.9 Å². The second-order valence-corrected chi connectivity index (χ2v) is 8.44. The van der Waals surface area contributed by atoms with E-state index in [1.165, 1.54) is 12.0 Å². The maximum absolute atomic E-state index is 12.7. The molecule has 0 spiro atoms. The van der Waals surface area contributed by atoms with Crippen molar-refractivity contribution in [3.8, 4) is 5.75 Å². The molecule has 0 atom stereocenters. The number of nitrogens with zero attached hydrogens (tertiary/aromatic N) is 1. The van der Waals surface area contributed by atoms with E-state index in [4.69, 9.17) is 4.74 Å². The van der Waals surface area contributed by atoms with Crippen LogP contribution in [0, 0.1) is 0 Å². The van der Waals surface area contributed by atoms with Crippen LogP contribution in [0.2, 0.25) is 0 Å². The van der Waals surface area contributed by atoms with E-state index < -0.39 is 0 Å². The molecule has 1 saturated heterocycles. The Bertz CT molecular complexity index is 1080. The molecule has 4 rings (SSSR count). The van der Waals surface area contributed by atoms with Crippen molar-refractivity contribution in [3.05, 3.63) is 90.0 Å². The number of ether oxygens (including phenoxy) is 1. The summed E-state index contributed by atoms with van der Waals surface area (Å²) in [6.45, 7) is 2.33. The molecule has 0 aromatic heterocycles. The molecule has 0 radical (unpaired) electrons. The molecule has 2 N–H and O–H groups in total. The SMILES string of the molecule is O=C(CNc1cccc(C(=O)N2CCCCC2)c1)Nc1ccc(OCCc2ccccc2)cc1. The summed E-state index contributed by atoms with van der Waals surface area (Å²) in [7, 11) is 0. The molecule has 2 amide bonds. The van der Waals surface area contributed by atoms with Gasteiger partial charge in [0.2, 0.25) is 5.91 Å². The number of hydrogen-bond donors (Lipinski definition) is 2. The molecule has 176 valence electrons. The highest BCUT2D eigenvalue weighted by Crippen LogP contribution is 2.18. The standard InChI is InChI=1S/C28H31N3O3/c32-27(21-29-25-11-7-10-23(20-25)28(33)31-17-5-2-6-18-31)30-24-12-14-26(15-13-24)34-19-16-22-8-3-1-4-9-22/h1,3-4,7-15,20,29H,2,5-6,16-19,21H2,(H,30,32). The van der Waals surface area contributed by atoms with Gasteiger partial charge in [-0.2, -0.15) is 0 Å². The molecule has 34 heavy (non-hydrogen) atoms. The molecule has 0 saturated carbocycles. The van der Waals surface area contributed by atoms with Crippen LogP contribution in [-0.2, 0) is 11.2 Å². The van der Waals surface area contributed by atoms with Gasteiger partial charge in [-0.1, -0.05) is 36.4 Å². The Morgan fingerprint density at radius 1 is 0.824 bits per heavy atom. The minimum absolute atomic E-state index is 0.0545. The second kappa shape index (κ2) is 11.9. The Balaban J connectivity index is 1.22. The van der Waals surface area contributed by atoms with Gasteiger partial charge >= 0.3 is 0 Å². The summed E-state index contributed by atoms with van der Waals surface area (Å²) in [6.07, 6.45) is 4.15. The zero-order valence-corrected chi connectivity index (χ0v) is 19.3. The first-order valence-electron chi connectivity index (χ1n) is 11.9. The average Bonchev–Trinajstić information content (AvgIpc) is 2.89. The van der Waals surface area contributed by atoms with Crippen molar-refractivity contribution in [2.45, 2.75) is 25.7 Å². The van der Waals surface area contributed by atoms with Crippen molar-refractivity contribution in [2.75, 3.05) is 36.9 Å². The normalized spacial score (nSPS) is 13.2. The first-order valence-corrected chi connectivity index (χ1v) is 11.9. The minimum Gasteiger partial charge on any atom is -0.493 e. The van der Waals surface area contributed by atoms with Crippen LogP contribution in [-0.4, -0.2) is 43.0 Å². The number of likely N-dealkylation sites (tertiary alicyclic amines) is 1. The Morgan fingerprint density at radius 3 is 2.35 bits per heavy atom. The number of rotatable bonds is 9. The van der Waals surface area contributed by atoms with Crippen molar-refractivity contribution in [3.63, 3.8) is 0 Å².